The maximum Gasteiger partial charge on any atom is 0.270 e. The molecule has 160 valence electrons. The molecule has 0 bridgehead atoms. The van der Waals surface area contributed by atoms with Crippen molar-refractivity contribution in [1.82, 2.24) is 4.98 Å². The Morgan fingerprint density at radius 3 is 2.23 bits per heavy atom. The highest BCUT2D eigenvalue weighted by molar-refractivity contribution is 7.92. The normalized spacial score (nSPS) is 14.1. The van der Waals surface area contributed by atoms with E-state index in [1.54, 1.807) is 17.5 Å². The van der Waals surface area contributed by atoms with E-state index in [0.717, 1.165) is 21.8 Å². The second kappa shape index (κ2) is 7.44. The Bertz CT molecular complexity index is 1300. The summed E-state index contributed by atoms with van der Waals surface area (Å²) in [6, 6.07) is 9.28. The van der Waals surface area contributed by atoms with Gasteiger partial charge >= 0.3 is 0 Å². The highest BCUT2D eigenvalue weighted by Gasteiger charge is 2.42. The zero-order valence-corrected chi connectivity index (χ0v) is 19.2. The SMILES string of the molecule is CC(C)(C)c1ccc(S(=O)(=O)Nc2ccc(Cl)c3c2C(=O)N(c2nccs2)C3=O)cc1. The fourth-order valence-corrected chi connectivity index (χ4v) is 5.19. The van der Waals surface area contributed by atoms with Gasteiger partial charge in [-0.2, -0.15) is 0 Å². The molecule has 0 fully saturated rings. The molecule has 0 atom stereocenters. The van der Waals surface area contributed by atoms with Crippen LogP contribution in [0.2, 0.25) is 5.02 Å². The summed E-state index contributed by atoms with van der Waals surface area (Å²) in [4.78, 5) is 30.8. The minimum atomic E-state index is -4.01. The first-order valence-corrected chi connectivity index (χ1v) is 12.0. The van der Waals surface area contributed by atoms with E-state index in [1.165, 1.54) is 30.5 Å². The van der Waals surface area contributed by atoms with Crippen molar-refractivity contribution >= 4 is 55.6 Å². The number of nitrogens with zero attached hydrogens (tertiary/aromatic N) is 2. The van der Waals surface area contributed by atoms with Crippen molar-refractivity contribution < 1.29 is 18.0 Å². The van der Waals surface area contributed by atoms with Gasteiger partial charge in [-0.1, -0.05) is 44.5 Å². The first-order chi connectivity index (χ1) is 14.5. The van der Waals surface area contributed by atoms with Crippen LogP contribution in [0.3, 0.4) is 0 Å². The van der Waals surface area contributed by atoms with Crippen LogP contribution in [0.5, 0.6) is 0 Å². The number of benzene rings is 2. The Kier molecular flexibility index (Phi) is 5.15. The lowest BCUT2D eigenvalue weighted by molar-refractivity contribution is 0.0926. The molecule has 2 amide bonds. The number of fused-ring (bicyclic) bond motifs is 1. The van der Waals surface area contributed by atoms with Crippen LogP contribution in [0.15, 0.2) is 52.9 Å². The third kappa shape index (κ3) is 3.73. The molecule has 3 aromatic rings. The van der Waals surface area contributed by atoms with Gasteiger partial charge < -0.3 is 0 Å². The van der Waals surface area contributed by atoms with Gasteiger partial charge in [0, 0.05) is 11.6 Å². The summed E-state index contributed by atoms with van der Waals surface area (Å²) in [5.41, 5.74) is 0.696. The Labute approximate surface area is 188 Å². The molecule has 1 aliphatic rings. The molecule has 10 heteroatoms. The van der Waals surface area contributed by atoms with Gasteiger partial charge in [0.25, 0.3) is 21.8 Å². The van der Waals surface area contributed by atoms with Crippen LogP contribution in [0.25, 0.3) is 0 Å². The van der Waals surface area contributed by atoms with E-state index in [9.17, 15) is 18.0 Å². The van der Waals surface area contributed by atoms with Crippen LogP contribution in [-0.2, 0) is 15.4 Å². The van der Waals surface area contributed by atoms with E-state index >= 15 is 0 Å². The van der Waals surface area contributed by atoms with Crippen LogP contribution < -0.4 is 9.62 Å². The van der Waals surface area contributed by atoms with Crippen molar-refractivity contribution in [2.24, 2.45) is 0 Å². The number of sulfonamides is 1. The molecule has 31 heavy (non-hydrogen) atoms. The first kappa shape index (κ1) is 21.5. The average molecular weight is 476 g/mol. The topological polar surface area (TPSA) is 96.4 Å². The quantitative estimate of drug-likeness (QED) is 0.552. The van der Waals surface area contributed by atoms with Gasteiger partial charge in [-0.15, -0.1) is 11.3 Å². The largest absolute Gasteiger partial charge is 0.279 e. The lowest BCUT2D eigenvalue weighted by Gasteiger charge is -2.19. The molecule has 0 saturated carbocycles. The third-order valence-electron chi connectivity index (χ3n) is 4.87. The van der Waals surface area contributed by atoms with Crippen LogP contribution >= 0.6 is 22.9 Å². The van der Waals surface area contributed by atoms with Gasteiger partial charge in [0.05, 0.1) is 26.7 Å². The molecular weight excluding hydrogens is 458 g/mol. The Balaban J connectivity index is 1.73. The van der Waals surface area contributed by atoms with Crippen LogP contribution in [0, 0.1) is 0 Å². The molecule has 4 rings (SSSR count). The summed E-state index contributed by atoms with van der Waals surface area (Å²) in [6.45, 7) is 6.09. The molecule has 0 aliphatic carbocycles. The van der Waals surface area contributed by atoms with E-state index in [2.05, 4.69) is 9.71 Å². The smallest absolute Gasteiger partial charge is 0.270 e. The van der Waals surface area contributed by atoms with Crippen molar-refractivity contribution in [2.75, 3.05) is 9.62 Å². The number of imide groups is 1. The second-order valence-corrected chi connectivity index (χ2v) is 10.9. The number of hydrogen-bond donors (Lipinski definition) is 1. The van der Waals surface area contributed by atoms with E-state index in [0.29, 0.717) is 0 Å². The number of thiazole rings is 1. The van der Waals surface area contributed by atoms with Crippen molar-refractivity contribution in [1.29, 1.82) is 0 Å². The summed E-state index contributed by atoms with van der Waals surface area (Å²) in [7, 11) is -4.01. The van der Waals surface area contributed by atoms with Gasteiger partial charge in [0.1, 0.15) is 0 Å². The summed E-state index contributed by atoms with van der Waals surface area (Å²) in [5, 5.41) is 1.88. The number of halogens is 1. The van der Waals surface area contributed by atoms with Crippen LogP contribution in [0.1, 0.15) is 47.1 Å². The zero-order valence-electron chi connectivity index (χ0n) is 16.8. The summed E-state index contributed by atoms with van der Waals surface area (Å²) >= 11 is 7.30. The minimum absolute atomic E-state index is 0.0169. The van der Waals surface area contributed by atoms with E-state index in [4.69, 9.17) is 11.6 Å². The number of carbonyl (C=O) groups is 2. The standard InChI is InChI=1S/C21H18ClN3O4S2/c1-21(2,3)12-4-6-13(7-5-12)31(28,29)24-15-9-8-14(22)16-17(15)19(27)25(18(16)26)20-23-10-11-30-20/h4-11,24H,1-3H3. The maximum absolute atomic E-state index is 13.0. The molecule has 0 saturated heterocycles. The molecular formula is C21H18ClN3O4S2. The third-order valence-corrected chi connectivity index (χ3v) is 7.33. The molecule has 7 nitrogen and oxygen atoms in total. The predicted molar refractivity (Wildman–Crippen MR) is 121 cm³/mol. The number of rotatable bonds is 4. The Hall–Kier alpha value is -2.75. The fraction of sp³-hybridized carbons (Fsp3) is 0.190. The van der Waals surface area contributed by atoms with Gasteiger partial charge in [-0.05, 0) is 35.2 Å². The number of nitrogens with one attached hydrogen (secondary N) is 1. The summed E-state index contributed by atoms with van der Waals surface area (Å²) in [5.74, 6) is -1.33. The molecule has 1 N–H and O–H groups in total. The van der Waals surface area contributed by atoms with Gasteiger partial charge in [0.2, 0.25) is 0 Å². The van der Waals surface area contributed by atoms with Gasteiger partial charge in [0.15, 0.2) is 5.13 Å². The Morgan fingerprint density at radius 2 is 1.65 bits per heavy atom. The van der Waals surface area contributed by atoms with E-state index in [1.807, 2.05) is 20.8 Å². The van der Waals surface area contributed by atoms with Gasteiger partial charge in [-0.3, -0.25) is 14.3 Å². The van der Waals surface area contributed by atoms with Crippen molar-refractivity contribution in [3.8, 4) is 0 Å². The first-order valence-electron chi connectivity index (χ1n) is 9.25. The second-order valence-electron chi connectivity index (χ2n) is 7.99. The number of aromatic nitrogens is 1. The van der Waals surface area contributed by atoms with E-state index < -0.39 is 21.8 Å². The maximum atomic E-state index is 13.0. The summed E-state index contributed by atoms with van der Waals surface area (Å²) < 4.78 is 28.4. The number of anilines is 2. The van der Waals surface area contributed by atoms with Crippen molar-refractivity contribution in [3.05, 3.63) is 69.7 Å². The molecule has 2 aromatic carbocycles. The molecule has 2 heterocycles. The van der Waals surface area contributed by atoms with Crippen LogP contribution in [0.4, 0.5) is 10.8 Å². The number of hydrogen-bond acceptors (Lipinski definition) is 6. The lowest BCUT2D eigenvalue weighted by Crippen LogP contribution is -2.29. The predicted octanol–water partition coefficient (Wildman–Crippen LogP) is 4.70. The lowest BCUT2D eigenvalue weighted by atomic mass is 9.87. The average Bonchev–Trinajstić information content (AvgIpc) is 3.30. The van der Waals surface area contributed by atoms with Crippen molar-refractivity contribution in [3.63, 3.8) is 0 Å². The molecule has 0 spiro atoms. The zero-order chi connectivity index (χ0) is 22.6. The minimum Gasteiger partial charge on any atom is -0.279 e. The summed E-state index contributed by atoms with van der Waals surface area (Å²) in [6.07, 6.45) is 1.47. The molecule has 0 radical (unpaired) electrons. The van der Waals surface area contributed by atoms with E-state index in [-0.39, 0.29) is 37.3 Å². The highest BCUT2D eigenvalue weighted by atomic mass is 35.5. The monoisotopic (exact) mass is 475 g/mol. The Morgan fingerprint density at radius 1 is 1.00 bits per heavy atom. The molecule has 1 aliphatic heterocycles. The van der Waals surface area contributed by atoms with Gasteiger partial charge in [-0.25, -0.2) is 18.3 Å². The number of carbonyl (C=O) groups excluding carboxylic acids is 2. The van der Waals surface area contributed by atoms with Crippen molar-refractivity contribution in [2.45, 2.75) is 31.1 Å². The number of amides is 2. The van der Waals surface area contributed by atoms with Crippen LogP contribution in [-0.4, -0.2) is 25.2 Å². The molecule has 0 unspecified atom stereocenters. The highest BCUT2D eigenvalue weighted by Crippen LogP contribution is 2.38. The fourth-order valence-electron chi connectivity index (χ4n) is 3.25. The molecule has 1 aromatic heterocycles.